The van der Waals surface area contributed by atoms with E-state index in [-0.39, 0.29) is 10.9 Å². The van der Waals surface area contributed by atoms with Gasteiger partial charge in [-0.25, -0.2) is 4.39 Å². The summed E-state index contributed by atoms with van der Waals surface area (Å²) in [7, 11) is 0. The number of carbonyl (C=O) groups excluding carboxylic acids is 1. The van der Waals surface area contributed by atoms with Gasteiger partial charge in [0.1, 0.15) is 12.1 Å². The first-order chi connectivity index (χ1) is 6.16. The molecule has 0 heterocycles. The molecule has 0 aromatic heterocycles. The molecule has 0 saturated heterocycles. The summed E-state index contributed by atoms with van der Waals surface area (Å²) in [5.41, 5.74) is 0.689. The van der Waals surface area contributed by atoms with Crippen molar-refractivity contribution in [2.24, 2.45) is 0 Å². The van der Waals surface area contributed by atoms with Gasteiger partial charge in [0.05, 0.1) is 5.02 Å². The Morgan fingerprint density at radius 1 is 1.62 bits per heavy atom. The van der Waals surface area contributed by atoms with Gasteiger partial charge in [0.2, 0.25) is 0 Å². The molecule has 70 valence electrons. The Labute approximate surface area is 81.5 Å². The second-order valence-corrected chi connectivity index (χ2v) is 3.32. The first kappa shape index (κ1) is 10.2. The summed E-state index contributed by atoms with van der Waals surface area (Å²) in [6.45, 7) is 1.84. The quantitative estimate of drug-likeness (QED) is 0.685. The SMILES string of the molecule is CC(CC=O)c1cccc(F)c1Cl. The number of carbonyl (C=O) groups is 1. The summed E-state index contributed by atoms with van der Waals surface area (Å²) in [6.07, 6.45) is 1.18. The molecule has 0 radical (unpaired) electrons. The van der Waals surface area contributed by atoms with Crippen LogP contribution in [0.25, 0.3) is 0 Å². The van der Waals surface area contributed by atoms with Gasteiger partial charge in [-0.15, -0.1) is 0 Å². The van der Waals surface area contributed by atoms with E-state index in [2.05, 4.69) is 0 Å². The molecule has 0 saturated carbocycles. The molecule has 1 rings (SSSR count). The molecule has 0 fully saturated rings. The van der Waals surface area contributed by atoms with Crippen molar-refractivity contribution in [3.8, 4) is 0 Å². The first-order valence-corrected chi connectivity index (χ1v) is 4.42. The van der Waals surface area contributed by atoms with E-state index in [9.17, 15) is 9.18 Å². The lowest BCUT2D eigenvalue weighted by Gasteiger charge is -2.10. The monoisotopic (exact) mass is 200 g/mol. The van der Waals surface area contributed by atoms with E-state index in [0.717, 1.165) is 6.29 Å². The number of hydrogen-bond donors (Lipinski definition) is 0. The van der Waals surface area contributed by atoms with Crippen molar-refractivity contribution in [2.45, 2.75) is 19.3 Å². The zero-order valence-corrected chi connectivity index (χ0v) is 8.01. The molecule has 1 aromatic rings. The number of rotatable bonds is 3. The van der Waals surface area contributed by atoms with Gasteiger partial charge in [-0.2, -0.15) is 0 Å². The van der Waals surface area contributed by atoms with Gasteiger partial charge in [-0.3, -0.25) is 0 Å². The van der Waals surface area contributed by atoms with Crippen LogP contribution in [0.1, 0.15) is 24.8 Å². The number of hydrogen-bond acceptors (Lipinski definition) is 1. The minimum Gasteiger partial charge on any atom is -0.303 e. The van der Waals surface area contributed by atoms with Crippen LogP contribution in [0.15, 0.2) is 18.2 Å². The summed E-state index contributed by atoms with van der Waals surface area (Å²) in [4.78, 5) is 10.2. The lowest BCUT2D eigenvalue weighted by Crippen LogP contribution is -1.96. The molecule has 0 bridgehead atoms. The van der Waals surface area contributed by atoms with Gasteiger partial charge >= 0.3 is 0 Å². The highest BCUT2D eigenvalue weighted by Crippen LogP contribution is 2.27. The Bertz CT molecular complexity index is 312. The zero-order valence-electron chi connectivity index (χ0n) is 7.26. The van der Waals surface area contributed by atoms with E-state index in [1.165, 1.54) is 6.07 Å². The molecule has 3 heteroatoms. The second-order valence-electron chi connectivity index (χ2n) is 2.95. The fraction of sp³-hybridized carbons (Fsp3) is 0.300. The molecule has 0 aliphatic heterocycles. The van der Waals surface area contributed by atoms with E-state index >= 15 is 0 Å². The van der Waals surface area contributed by atoms with Crippen molar-refractivity contribution in [1.29, 1.82) is 0 Å². The third-order valence-corrected chi connectivity index (χ3v) is 2.36. The smallest absolute Gasteiger partial charge is 0.142 e. The summed E-state index contributed by atoms with van der Waals surface area (Å²) < 4.78 is 13.0. The van der Waals surface area contributed by atoms with E-state index in [1.807, 2.05) is 6.92 Å². The highest BCUT2D eigenvalue weighted by Gasteiger charge is 2.11. The molecule has 1 unspecified atom stereocenters. The highest BCUT2D eigenvalue weighted by molar-refractivity contribution is 6.31. The highest BCUT2D eigenvalue weighted by atomic mass is 35.5. The van der Waals surface area contributed by atoms with Crippen molar-refractivity contribution >= 4 is 17.9 Å². The molecule has 1 aromatic carbocycles. The normalized spacial score (nSPS) is 12.5. The minimum absolute atomic E-state index is 0.0271. The Morgan fingerprint density at radius 3 is 2.92 bits per heavy atom. The Hall–Kier alpha value is -0.890. The topological polar surface area (TPSA) is 17.1 Å². The third-order valence-electron chi connectivity index (χ3n) is 1.96. The van der Waals surface area contributed by atoms with Crippen molar-refractivity contribution in [3.63, 3.8) is 0 Å². The average Bonchev–Trinajstić information content (AvgIpc) is 2.10. The van der Waals surface area contributed by atoms with Crippen molar-refractivity contribution in [3.05, 3.63) is 34.6 Å². The van der Waals surface area contributed by atoms with Crippen LogP contribution in [-0.4, -0.2) is 6.29 Å². The van der Waals surface area contributed by atoms with Gasteiger partial charge in [-0.1, -0.05) is 30.7 Å². The number of benzene rings is 1. The fourth-order valence-electron chi connectivity index (χ4n) is 1.17. The van der Waals surface area contributed by atoms with Crippen LogP contribution in [0.3, 0.4) is 0 Å². The third kappa shape index (κ3) is 2.28. The van der Waals surface area contributed by atoms with Crippen LogP contribution in [0.5, 0.6) is 0 Å². The van der Waals surface area contributed by atoms with Crippen LogP contribution >= 0.6 is 11.6 Å². The molecular formula is C10H10ClFO. The summed E-state index contributed by atoms with van der Waals surface area (Å²) in [6, 6.07) is 4.64. The Morgan fingerprint density at radius 2 is 2.31 bits per heavy atom. The summed E-state index contributed by atoms with van der Waals surface area (Å²) in [5, 5.41) is 0.122. The molecule has 0 aliphatic rings. The molecule has 0 spiro atoms. The van der Waals surface area contributed by atoms with Crippen LogP contribution in [0.2, 0.25) is 5.02 Å². The molecule has 13 heavy (non-hydrogen) atoms. The van der Waals surface area contributed by atoms with E-state index in [4.69, 9.17) is 11.6 Å². The molecule has 0 amide bonds. The molecule has 1 nitrogen and oxygen atoms in total. The Balaban J connectivity index is 3.00. The van der Waals surface area contributed by atoms with Crippen LogP contribution < -0.4 is 0 Å². The summed E-state index contributed by atoms with van der Waals surface area (Å²) >= 11 is 5.73. The van der Waals surface area contributed by atoms with Crippen molar-refractivity contribution in [1.82, 2.24) is 0 Å². The predicted molar refractivity (Wildman–Crippen MR) is 50.5 cm³/mol. The van der Waals surface area contributed by atoms with Crippen LogP contribution in [0.4, 0.5) is 4.39 Å². The minimum atomic E-state index is -0.433. The molecular weight excluding hydrogens is 191 g/mol. The van der Waals surface area contributed by atoms with Gasteiger partial charge in [0, 0.05) is 6.42 Å². The predicted octanol–water partition coefficient (Wildman–Crippen LogP) is 3.17. The average molecular weight is 201 g/mol. The van der Waals surface area contributed by atoms with Gasteiger partial charge in [0.25, 0.3) is 0 Å². The number of halogens is 2. The van der Waals surface area contributed by atoms with E-state index in [1.54, 1.807) is 12.1 Å². The van der Waals surface area contributed by atoms with Gasteiger partial charge in [-0.05, 0) is 17.5 Å². The fourth-order valence-corrected chi connectivity index (χ4v) is 1.48. The largest absolute Gasteiger partial charge is 0.303 e. The van der Waals surface area contributed by atoms with E-state index in [0.29, 0.717) is 12.0 Å². The van der Waals surface area contributed by atoms with E-state index < -0.39 is 5.82 Å². The van der Waals surface area contributed by atoms with Crippen molar-refractivity contribution in [2.75, 3.05) is 0 Å². The summed E-state index contributed by atoms with van der Waals surface area (Å²) in [5.74, 6) is -0.461. The van der Waals surface area contributed by atoms with Crippen molar-refractivity contribution < 1.29 is 9.18 Å². The Kier molecular flexibility index (Phi) is 3.43. The standard InChI is InChI=1S/C10H10ClFO/c1-7(5-6-13)8-3-2-4-9(12)10(8)11/h2-4,6-7H,5H2,1H3. The zero-order chi connectivity index (χ0) is 9.84. The maximum absolute atomic E-state index is 13.0. The van der Waals surface area contributed by atoms with Crippen LogP contribution in [0, 0.1) is 5.82 Å². The lowest BCUT2D eigenvalue weighted by molar-refractivity contribution is -0.108. The van der Waals surface area contributed by atoms with Gasteiger partial charge in [0.15, 0.2) is 0 Å². The molecule has 0 aliphatic carbocycles. The van der Waals surface area contributed by atoms with Gasteiger partial charge < -0.3 is 4.79 Å². The molecule has 0 N–H and O–H groups in total. The number of aldehydes is 1. The maximum atomic E-state index is 13.0. The molecule has 1 atom stereocenters. The maximum Gasteiger partial charge on any atom is 0.142 e. The second kappa shape index (κ2) is 4.38. The van der Waals surface area contributed by atoms with Crippen LogP contribution in [-0.2, 0) is 4.79 Å². The lowest BCUT2D eigenvalue weighted by atomic mass is 9.98. The first-order valence-electron chi connectivity index (χ1n) is 4.04.